The quantitative estimate of drug-likeness (QED) is 0.883. The van der Waals surface area contributed by atoms with Crippen LogP contribution in [0.1, 0.15) is 50.5 Å². The van der Waals surface area contributed by atoms with Crippen molar-refractivity contribution in [3.63, 3.8) is 0 Å². The van der Waals surface area contributed by atoms with Crippen LogP contribution in [0.5, 0.6) is 0 Å². The lowest BCUT2D eigenvalue weighted by Crippen LogP contribution is -2.42. The standard InChI is InChI=1S/C17H28N4O.ClH/c1-3-12-4-6-14(7-5-12)20-17(22)16-10-18-9-15(16)13-8-19-21(2)11-13;/h8,11-12,14-16,18H,3-7,9-10H2,1-2H3,(H,20,22);1H/t12?,14?,15-,16+;/m1./s1. The summed E-state index contributed by atoms with van der Waals surface area (Å²) in [4.78, 5) is 12.7. The fourth-order valence-corrected chi connectivity index (χ4v) is 3.96. The number of hydrogen-bond acceptors (Lipinski definition) is 3. The van der Waals surface area contributed by atoms with Gasteiger partial charge in [0, 0.05) is 38.3 Å². The normalized spacial score (nSPS) is 30.7. The molecule has 0 unspecified atom stereocenters. The Morgan fingerprint density at radius 1 is 1.35 bits per heavy atom. The Morgan fingerprint density at radius 2 is 2.09 bits per heavy atom. The van der Waals surface area contributed by atoms with Crippen molar-refractivity contribution in [2.75, 3.05) is 13.1 Å². The highest BCUT2D eigenvalue weighted by atomic mass is 35.5. The third kappa shape index (κ3) is 4.27. The lowest BCUT2D eigenvalue weighted by atomic mass is 9.84. The van der Waals surface area contributed by atoms with Gasteiger partial charge in [-0.2, -0.15) is 5.10 Å². The molecular formula is C17H29ClN4O. The van der Waals surface area contributed by atoms with Crippen LogP contribution >= 0.6 is 12.4 Å². The predicted molar refractivity (Wildman–Crippen MR) is 93.7 cm³/mol. The van der Waals surface area contributed by atoms with Crippen molar-refractivity contribution >= 4 is 18.3 Å². The summed E-state index contributed by atoms with van der Waals surface area (Å²) in [5.74, 6) is 1.37. The van der Waals surface area contributed by atoms with Gasteiger partial charge in [0.1, 0.15) is 0 Å². The highest BCUT2D eigenvalue weighted by Gasteiger charge is 2.35. The zero-order valence-corrected chi connectivity index (χ0v) is 14.9. The number of nitrogens with zero attached hydrogens (tertiary/aromatic N) is 2. The maximum Gasteiger partial charge on any atom is 0.225 e. The molecule has 0 aromatic carbocycles. The zero-order valence-electron chi connectivity index (χ0n) is 14.1. The number of rotatable bonds is 4. The number of carbonyl (C=O) groups is 1. The zero-order chi connectivity index (χ0) is 15.5. The summed E-state index contributed by atoms with van der Waals surface area (Å²) in [6, 6.07) is 0.380. The molecule has 6 heteroatoms. The van der Waals surface area contributed by atoms with Crippen LogP contribution in [-0.4, -0.2) is 34.8 Å². The van der Waals surface area contributed by atoms with Crippen molar-refractivity contribution in [2.45, 2.75) is 51.0 Å². The Labute approximate surface area is 145 Å². The van der Waals surface area contributed by atoms with E-state index in [-0.39, 0.29) is 30.2 Å². The van der Waals surface area contributed by atoms with E-state index < -0.39 is 0 Å². The second-order valence-corrected chi connectivity index (χ2v) is 6.95. The van der Waals surface area contributed by atoms with E-state index in [2.05, 4.69) is 22.7 Å². The summed E-state index contributed by atoms with van der Waals surface area (Å²) >= 11 is 0. The van der Waals surface area contributed by atoms with Crippen molar-refractivity contribution in [1.82, 2.24) is 20.4 Å². The molecule has 1 aromatic heterocycles. The molecule has 2 fully saturated rings. The number of aryl methyl sites for hydroxylation is 1. The van der Waals surface area contributed by atoms with Gasteiger partial charge in [-0.3, -0.25) is 9.48 Å². The van der Waals surface area contributed by atoms with Crippen LogP contribution in [-0.2, 0) is 11.8 Å². The fourth-order valence-electron chi connectivity index (χ4n) is 3.96. The molecule has 2 heterocycles. The second kappa shape index (κ2) is 8.15. The van der Waals surface area contributed by atoms with E-state index in [4.69, 9.17) is 0 Å². The molecule has 1 saturated heterocycles. The van der Waals surface area contributed by atoms with Crippen LogP contribution in [0.25, 0.3) is 0 Å². The molecule has 1 aliphatic carbocycles. The molecule has 1 aromatic rings. The maximum atomic E-state index is 12.7. The number of hydrogen-bond donors (Lipinski definition) is 2. The van der Waals surface area contributed by atoms with Gasteiger partial charge < -0.3 is 10.6 Å². The number of nitrogens with one attached hydrogen (secondary N) is 2. The monoisotopic (exact) mass is 340 g/mol. The van der Waals surface area contributed by atoms with Gasteiger partial charge in [0.25, 0.3) is 0 Å². The van der Waals surface area contributed by atoms with E-state index in [1.807, 2.05) is 24.1 Å². The first kappa shape index (κ1) is 18.3. The Balaban J connectivity index is 0.00000192. The molecule has 1 aliphatic heterocycles. The summed E-state index contributed by atoms with van der Waals surface area (Å²) in [5, 5.41) is 10.9. The minimum absolute atomic E-state index is 0. The van der Waals surface area contributed by atoms with Crippen LogP contribution in [0.15, 0.2) is 12.4 Å². The Kier molecular flexibility index (Phi) is 6.48. The third-order valence-electron chi connectivity index (χ3n) is 5.47. The van der Waals surface area contributed by atoms with Crippen molar-refractivity contribution in [3.8, 4) is 0 Å². The van der Waals surface area contributed by atoms with Gasteiger partial charge in [-0.05, 0) is 37.2 Å². The minimum Gasteiger partial charge on any atom is -0.353 e. The predicted octanol–water partition coefficient (Wildman–Crippen LogP) is 2.23. The number of amides is 1. The summed E-state index contributed by atoms with van der Waals surface area (Å²) in [7, 11) is 1.92. The van der Waals surface area contributed by atoms with Gasteiger partial charge >= 0.3 is 0 Å². The van der Waals surface area contributed by atoms with E-state index in [0.29, 0.717) is 6.04 Å². The van der Waals surface area contributed by atoms with Crippen molar-refractivity contribution in [2.24, 2.45) is 18.9 Å². The summed E-state index contributed by atoms with van der Waals surface area (Å²) in [6.07, 6.45) is 10.0. The Morgan fingerprint density at radius 3 is 2.70 bits per heavy atom. The third-order valence-corrected chi connectivity index (χ3v) is 5.47. The molecule has 2 atom stereocenters. The lowest BCUT2D eigenvalue weighted by Gasteiger charge is -2.29. The summed E-state index contributed by atoms with van der Waals surface area (Å²) in [6.45, 7) is 3.91. The summed E-state index contributed by atoms with van der Waals surface area (Å²) in [5.41, 5.74) is 1.17. The van der Waals surface area contributed by atoms with Gasteiger partial charge in [0.2, 0.25) is 5.91 Å². The van der Waals surface area contributed by atoms with Gasteiger partial charge in [-0.15, -0.1) is 12.4 Å². The summed E-state index contributed by atoms with van der Waals surface area (Å²) < 4.78 is 1.81. The van der Waals surface area contributed by atoms with E-state index in [1.165, 1.54) is 24.8 Å². The van der Waals surface area contributed by atoms with Gasteiger partial charge in [0.05, 0.1) is 12.1 Å². The van der Waals surface area contributed by atoms with Crippen LogP contribution in [0, 0.1) is 11.8 Å². The Hall–Kier alpha value is -1.07. The molecule has 3 rings (SSSR count). The van der Waals surface area contributed by atoms with Crippen LogP contribution < -0.4 is 10.6 Å². The SMILES string of the molecule is CCC1CCC(NC(=O)[C@H]2CNC[C@@H]2c2cnn(C)c2)CC1.Cl. The molecule has 23 heavy (non-hydrogen) atoms. The van der Waals surface area contributed by atoms with Gasteiger partial charge in [0.15, 0.2) is 0 Å². The van der Waals surface area contributed by atoms with Crippen LogP contribution in [0.2, 0.25) is 0 Å². The largest absolute Gasteiger partial charge is 0.353 e. The number of aromatic nitrogens is 2. The first-order chi connectivity index (χ1) is 10.7. The van der Waals surface area contributed by atoms with Crippen molar-refractivity contribution in [3.05, 3.63) is 18.0 Å². The smallest absolute Gasteiger partial charge is 0.225 e. The average molecular weight is 341 g/mol. The molecule has 2 N–H and O–H groups in total. The van der Waals surface area contributed by atoms with E-state index in [0.717, 1.165) is 31.8 Å². The maximum absolute atomic E-state index is 12.7. The Bertz CT molecular complexity index is 510. The molecule has 1 amide bonds. The highest BCUT2D eigenvalue weighted by molar-refractivity contribution is 5.85. The number of carbonyl (C=O) groups excluding carboxylic acids is 1. The molecule has 0 spiro atoms. The lowest BCUT2D eigenvalue weighted by molar-refractivity contribution is -0.125. The van der Waals surface area contributed by atoms with E-state index >= 15 is 0 Å². The second-order valence-electron chi connectivity index (χ2n) is 6.95. The van der Waals surface area contributed by atoms with Crippen molar-refractivity contribution < 1.29 is 4.79 Å². The van der Waals surface area contributed by atoms with Crippen LogP contribution in [0.3, 0.4) is 0 Å². The molecule has 5 nitrogen and oxygen atoms in total. The fraction of sp³-hybridized carbons (Fsp3) is 0.765. The molecular weight excluding hydrogens is 312 g/mol. The van der Waals surface area contributed by atoms with E-state index in [1.54, 1.807) is 0 Å². The first-order valence-corrected chi connectivity index (χ1v) is 8.67. The van der Waals surface area contributed by atoms with Crippen LogP contribution in [0.4, 0.5) is 0 Å². The average Bonchev–Trinajstić information content (AvgIpc) is 3.16. The minimum atomic E-state index is 0. The van der Waals surface area contributed by atoms with Crippen molar-refractivity contribution in [1.29, 1.82) is 0 Å². The van der Waals surface area contributed by atoms with Gasteiger partial charge in [-0.1, -0.05) is 13.3 Å². The first-order valence-electron chi connectivity index (χ1n) is 8.67. The van der Waals surface area contributed by atoms with E-state index in [9.17, 15) is 4.79 Å². The highest BCUT2D eigenvalue weighted by Crippen LogP contribution is 2.30. The molecule has 0 bridgehead atoms. The topological polar surface area (TPSA) is 59.0 Å². The molecule has 1 saturated carbocycles. The molecule has 130 valence electrons. The van der Waals surface area contributed by atoms with Gasteiger partial charge in [-0.25, -0.2) is 0 Å². The molecule has 2 aliphatic rings. The number of halogens is 1. The molecule has 0 radical (unpaired) electrons.